The third kappa shape index (κ3) is 5.76. The van der Waals surface area contributed by atoms with E-state index in [1.54, 1.807) is 19.2 Å². The minimum atomic E-state index is 0.262. The molecule has 26 heavy (non-hydrogen) atoms. The van der Waals surface area contributed by atoms with Crippen molar-refractivity contribution in [2.75, 3.05) is 27.2 Å². The normalized spacial score (nSPS) is 10.8. The van der Waals surface area contributed by atoms with Crippen LogP contribution in [0, 0.1) is 0 Å². The fourth-order valence-corrected chi connectivity index (χ4v) is 3.44. The summed E-state index contributed by atoms with van der Waals surface area (Å²) in [6, 6.07) is 9.24. The van der Waals surface area contributed by atoms with Gasteiger partial charge in [0.25, 0.3) is 0 Å². The molecule has 0 heterocycles. The highest BCUT2D eigenvalue weighted by Gasteiger charge is 2.16. The first-order valence-corrected chi connectivity index (χ1v) is 9.89. The fourth-order valence-electron chi connectivity index (χ4n) is 2.48. The van der Waals surface area contributed by atoms with Gasteiger partial charge in [-0.25, -0.2) is 0 Å². The Labute approximate surface area is 173 Å². The van der Waals surface area contributed by atoms with E-state index in [1.807, 2.05) is 25.2 Å². The van der Waals surface area contributed by atoms with Crippen molar-refractivity contribution >= 4 is 39.1 Å². The molecule has 7 heteroatoms. The van der Waals surface area contributed by atoms with Gasteiger partial charge in [-0.3, -0.25) is 0 Å². The predicted octanol–water partition coefficient (Wildman–Crippen LogP) is 5.04. The molecular weight excluding hydrogens is 439 g/mol. The summed E-state index contributed by atoms with van der Waals surface area (Å²) in [4.78, 5) is 0. The second-order valence-electron chi connectivity index (χ2n) is 5.68. The van der Waals surface area contributed by atoms with Crippen LogP contribution in [0.1, 0.15) is 17.5 Å². The maximum Gasteiger partial charge on any atom is 0.167 e. The van der Waals surface area contributed by atoms with Crippen LogP contribution < -0.4 is 20.1 Å². The molecule has 2 N–H and O–H groups in total. The number of benzene rings is 2. The Morgan fingerprint density at radius 1 is 1.04 bits per heavy atom. The molecule has 4 nitrogen and oxygen atoms in total. The van der Waals surface area contributed by atoms with Crippen LogP contribution in [0.4, 0.5) is 0 Å². The Bertz CT molecular complexity index is 709. The molecule has 0 spiro atoms. The molecule has 0 radical (unpaired) electrons. The number of methoxy groups -OCH3 is 1. The molecule has 0 saturated carbocycles. The topological polar surface area (TPSA) is 42.5 Å². The highest BCUT2D eigenvalue weighted by Crippen LogP contribution is 2.37. The van der Waals surface area contributed by atoms with Crippen LogP contribution in [-0.2, 0) is 13.2 Å². The molecule has 0 aliphatic heterocycles. The third-order valence-electron chi connectivity index (χ3n) is 3.89. The van der Waals surface area contributed by atoms with Crippen molar-refractivity contribution < 1.29 is 9.47 Å². The van der Waals surface area contributed by atoms with Crippen molar-refractivity contribution in [3.8, 4) is 11.5 Å². The molecule has 0 unspecified atom stereocenters. The minimum Gasteiger partial charge on any atom is -0.493 e. The van der Waals surface area contributed by atoms with E-state index in [4.69, 9.17) is 32.7 Å². The molecule has 0 aliphatic rings. The van der Waals surface area contributed by atoms with Gasteiger partial charge in [-0.1, -0.05) is 45.2 Å². The summed E-state index contributed by atoms with van der Waals surface area (Å²) >= 11 is 16.1. The Kier molecular flexibility index (Phi) is 9.02. The van der Waals surface area contributed by atoms with Gasteiger partial charge < -0.3 is 20.1 Å². The molecule has 142 valence electrons. The second kappa shape index (κ2) is 11.0. The van der Waals surface area contributed by atoms with Crippen molar-refractivity contribution in [1.82, 2.24) is 10.6 Å². The summed E-state index contributed by atoms with van der Waals surface area (Å²) in [5.74, 6) is 1.35. The first kappa shape index (κ1) is 21.3. The maximum absolute atomic E-state index is 6.25. The molecule has 2 aromatic rings. The fraction of sp³-hybridized carbons (Fsp3) is 0.368. The van der Waals surface area contributed by atoms with E-state index in [0.717, 1.165) is 35.1 Å². The van der Waals surface area contributed by atoms with Crippen LogP contribution in [0.2, 0.25) is 10.0 Å². The maximum atomic E-state index is 6.25. The predicted molar refractivity (Wildman–Crippen MR) is 112 cm³/mol. The molecule has 2 aromatic carbocycles. The minimum absolute atomic E-state index is 0.262. The van der Waals surface area contributed by atoms with Gasteiger partial charge in [-0.15, -0.1) is 0 Å². The van der Waals surface area contributed by atoms with Gasteiger partial charge in [0.2, 0.25) is 0 Å². The summed E-state index contributed by atoms with van der Waals surface area (Å²) in [7, 11) is 3.58. The quantitative estimate of drug-likeness (QED) is 0.486. The van der Waals surface area contributed by atoms with Gasteiger partial charge in [-0.05, 0) is 50.8 Å². The Balaban J connectivity index is 2.18. The molecule has 0 amide bonds. The molecule has 0 fully saturated rings. The van der Waals surface area contributed by atoms with Crippen LogP contribution in [0.3, 0.4) is 0 Å². The monoisotopic (exact) mass is 460 g/mol. The van der Waals surface area contributed by atoms with Crippen molar-refractivity contribution in [2.24, 2.45) is 0 Å². The molecule has 0 aliphatic carbocycles. The van der Waals surface area contributed by atoms with Crippen molar-refractivity contribution in [2.45, 2.75) is 19.6 Å². The highest BCUT2D eigenvalue weighted by atomic mass is 79.9. The molecule has 0 bridgehead atoms. The zero-order valence-corrected chi connectivity index (χ0v) is 18.0. The van der Waals surface area contributed by atoms with Gasteiger partial charge in [0.1, 0.15) is 6.61 Å². The number of rotatable bonds is 10. The lowest BCUT2D eigenvalue weighted by molar-refractivity contribution is 0.280. The van der Waals surface area contributed by atoms with Gasteiger partial charge in [0.15, 0.2) is 11.5 Å². The summed E-state index contributed by atoms with van der Waals surface area (Å²) in [5.41, 5.74) is 1.75. The Morgan fingerprint density at radius 2 is 1.77 bits per heavy atom. The van der Waals surface area contributed by atoms with Crippen molar-refractivity contribution in [1.29, 1.82) is 0 Å². The van der Waals surface area contributed by atoms with Crippen LogP contribution in [-0.4, -0.2) is 27.2 Å². The van der Waals surface area contributed by atoms with E-state index >= 15 is 0 Å². The van der Waals surface area contributed by atoms with Gasteiger partial charge in [-0.2, -0.15) is 0 Å². The van der Waals surface area contributed by atoms with Crippen molar-refractivity contribution in [3.63, 3.8) is 0 Å². The lowest BCUT2D eigenvalue weighted by atomic mass is 10.1. The summed E-state index contributed by atoms with van der Waals surface area (Å²) < 4.78 is 12.5. The number of ether oxygens (including phenoxy) is 2. The number of halogens is 3. The number of nitrogens with one attached hydrogen (secondary N) is 2. The lowest BCUT2D eigenvalue weighted by Crippen LogP contribution is -2.20. The Morgan fingerprint density at radius 3 is 2.42 bits per heavy atom. The highest BCUT2D eigenvalue weighted by molar-refractivity contribution is 9.10. The molecule has 0 atom stereocenters. The van der Waals surface area contributed by atoms with E-state index < -0.39 is 0 Å². The van der Waals surface area contributed by atoms with Gasteiger partial charge >= 0.3 is 0 Å². The molecular formula is C19H23BrCl2N2O2. The average Bonchev–Trinajstić information content (AvgIpc) is 2.63. The third-order valence-corrected chi connectivity index (χ3v) is 5.34. The summed E-state index contributed by atoms with van der Waals surface area (Å²) in [6.45, 7) is 2.80. The number of hydrogen-bond donors (Lipinski definition) is 2. The molecule has 0 aromatic heterocycles. The first-order valence-electron chi connectivity index (χ1n) is 8.34. The average molecular weight is 462 g/mol. The molecule has 2 rings (SSSR count). The Hall–Kier alpha value is -0.980. The van der Waals surface area contributed by atoms with Crippen LogP contribution in [0.15, 0.2) is 34.8 Å². The van der Waals surface area contributed by atoms with Crippen molar-refractivity contribution in [3.05, 3.63) is 56.0 Å². The second-order valence-corrected chi connectivity index (χ2v) is 7.35. The zero-order valence-electron chi connectivity index (χ0n) is 14.9. The van der Waals surface area contributed by atoms with E-state index in [-0.39, 0.29) is 6.61 Å². The van der Waals surface area contributed by atoms with E-state index in [2.05, 4.69) is 26.6 Å². The molecule has 0 saturated heterocycles. The van der Waals surface area contributed by atoms with E-state index in [9.17, 15) is 0 Å². The number of hydrogen-bond acceptors (Lipinski definition) is 4. The summed E-state index contributed by atoms with van der Waals surface area (Å²) in [5, 5.41) is 7.73. The van der Waals surface area contributed by atoms with Gasteiger partial charge in [0, 0.05) is 32.2 Å². The summed E-state index contributed by atoms with van der Waals surface area (Å²) in [6.07, 6.45) is 1.05. The standard InChI is InChI=1S/C19H23BrCl2N2O2/c1-23-9-4-10-24-11-13-15(20)7-8-18(25-2)19(13)26-12-14-16(21)5-3-6-17(14)22/h3,5-8,23-24H,4,9-12H2,1-2H3. The largest absolute Gasteiger partial charge is 0.493 e. The van der Waals surface area contributed by atoms with E-state index in [1.165, 1.54) is 0 Å². The van der Waals surface area contributed by atoms with Crippen LogP contribution >= 0.6 is 39.1 Å². The zero-order chi connectivity index (χ0) is 18.9. The SMILES string of the molecule is CNCCCNCc1c(Br)ccc(OC)c1OCc1c(Cl)cccc1Cl. The smallest absolute Gasteiger partial charge is 0.167 e. The van der Waals surface area contributed by atoms with Gasteiger partial charge in [0.05, 0.1) is 7.11 Å². The van der Waals surface area contributed by atoms with E-state index in [0.29, 0.717) is 28.1 Å². The first-order chi connectivity index (χ1) is 12.6. The van der Waals surface area contributed by atoms with Crippen LogP contribution in [0.25, 0.3) is 0 Å². The lowest BCUT2D eigenvalue weighted by Gasteiger charge is -2.18. The van der Waals surface area contributed by atoms with Crippen LogP contribution in [0.5, 0.6) is 11.5 Å².